The molecule has 1 aliphatic rings. The van der Waals surface area contributed by atoms with Gasteiger partial charge in [0.2, 0.25) is 0 Å². The Labute approximate surface area is 163 Å². The molecule has 9 nitrogen and oxygen atoms in total. The number of hydrogen-bond acceptors (Lipinski definition) is 6. The molecule has 3 rings (SSSR count). The molecule has 10 heteroatoms. The summed E-state index contributed by atoms with van der Waals surface area (Å²) in [5, 5.41) is 22.2. The lowest BCUT2D eigenvalue weighted by Gasteiger charge is -2.34. The van der Waals surface area contributed by atoms with E-state index in [9.17, 15) is 14.9 Å². The smallest absolute Gasteiger partial charge is 0.276 e. The molecular weight excluding hydrogens is 372 g/mol. The van der Waals surface area contributed by atoms with Crippen molar-refractivity contribution in [3.05, 3.63) is 46.3 Å². The van der Waals surface area contributed by atoms with Gasteiger partial charge in [0.05, 0.1) is 16.8 Å². The van der Waals surface area contributed by atoms with Gasteiger partial charge in [0, 0.05) is 24.7 Å². The first kappa shape index (κ1) is 20.8. The van der Waals surface area contributed by atoms with Crippen LogP contribution in [0.1, 0.15) is 36.7 Å². The molecule has 0 aliphatic carbocycles. The summed E-state index contributed by atoms with van der Waals surface area (Å²) >= 11 is 0. The van der Waals surface area contributed by atoms with Gasteiger partial charge in [-0.25, -0.2) is 4.68 Å². The van der Waals surface area contributed by atoms with E-state index < -0.39 is 4.92 Å². The van der Waals surface area contributed by atoms with Gasteiger partial charge in [0.15, 0.2) is 5.69 Å². The molecule has 0 radical (unpaired) electrons. The summed E-state index contributed by atoms with van der Waals surface area (Å²) in [7, 11) is 0. The molecule has 0 unspecified atom stereocenters. The number of amides is 1. The molecule has 0 saturated carbocycles. The second-order valence-electron chi connectivity index (χ2n) is 6.31. The summed E-state index contributed by atoms with van der Waals surface area (Å²) in [5.41, 5.74) is 0.714. The van der Waals surface area contributed by atoms with Crippen molar-refractivity contribution in [3.63, 3.8) is 0 Å². The van der Waals surface area contributed by atoms with Gasteiger partial charge in [-0.2, -0.15) is 0 Å². The Morgan fingerprint density at radius 3 is 2.81 bits per heavy atom. The fourth-order valence-electron chi connectivity index (χ4n) is 3.19. The molecule has 1 amide bonds. The summed E-state index contributed by atoms with van der Waals surface area (Å²) in [5.74, 6) is -0.143. The van der Waals surface area contributed by atoms with Crippen molar-refractivity contribution in [2.24, 2.45) is 0 Å². The zero-order valence-corrected chi connectivity index (χ0v) is 15.9. The Bertz CT molecular complexity index is 790. The SMILES string of the molecule is CCCN(C(=O)c1cn(-c2cccc([N+](=O)[O-])c2)nn1)C1CCNCC1.Cl. The van der Waals surface area contributed by atoms with Crippen LogP contribution in [-0.2, 0) is 0 Å². The molecule has 2 aromatic rings. The molecule has 1 aromatic carbocycles. The maximum Gasteiger partial charge on any atom is 0.276 e. The van der Waals surface area contributed by atoms with E-state index in [1.807, 2.05) is 11.8 Å². The van der Waals surface area contributed by atoms with Crippen molar-refractivity contribution in [2.75, 3.05) is 19.6 Å². The number of hydrogen-bond donors (Lipinski definition) is 1. The minimum atomic E-state index is -0.466. The zero-order chi connectivity index (χ0) is 18.5. The number of nitrogens with one attached hydrogen (secondary N) is 1. The molecular formula is C17H23ClN6O3. The van der Waals surface area contributed by atoms with Crippen molar-refractivity contribution in [1.29, 1.82) is 0 Å². The number of nitro groups is 1. The van der Waals surface area contributed by atoms with Crippen LogP contribution in [0.3, 0.4) is 0 Å². The first-order chi connectivity index (χ1) is 12.6. The molecule has 146 valence electrons. The highest BCUT2D eigenvalue weighted by Crippen LogP contribution is 2.18. The van der Waals surface area contributed by atoms with Gasteiger partial charge < -0.3 is 10.2 Å². The zero-order valence-electron chi connectivity index (χ0n) is 15.1. The highest BCUT2D eigenvalue weighted by molar-refractivity contribution is 5.92. The Hall–Kier alpha value is -2.52. The van der Waals surface area contributed by atoms with Crippen LogP contribution in [0.2, 0.25) is 0 Å². The van der Waals surface area contributed by atoms with E-state index in [0.29, 0.717) is 12.2 Å². The van der Waals surface area contributed by atoms with Crippen LogP contribution in [0.25, 0.3) is 5.69 Å². The minimum absolute atomic E-state index is 0. The molecule has 2 heterocycles. The Morgan fingerprint density at radius 1 is 1.41 bits per heavy atom. The lowest BCUT2D eigenvalue weighted by molar-refractivity contribution is -0.384. The van der Waals surface area contributed by atoms with Crippen molar-refractivity contribution in [3.8, 4) is 5.69 Å². The fraction of sp³-hybridized carbons (Fsp3) is 0.471. The Balaban J connectivity index is 0.00000261. The molecule has 1 saturated heterocycles. The van der Waals surface area contributed by atoms with Crippen LogP contribution < -0.4 is 5.32 Å². The second kappa shape index (κ2) is 9.43. The number of benzene rings is 1. The highest BCUT2D eigenvalue weighted by Gasteiger charge is 2.27. The van der Waals surface area contributed by atoms with Gasteiger partial charge in [0.1, 0.15) is 0 Å². The van der Waals surface area contributed by atoms with Crippen LogP contribution in [0.4, 0.5) is 5.69 Å². The molecule has 1 aliphatic heterocycles. The molecule has 0 bridgehead atoms. The van der Waals surface area contributed by atoms with Gasteiger partial charge in [-0.1, -0.05) is 18.2 Å². The summed E-state index contributed by atoms with van der Waals surface area (Å²) in [6, 6.07) is 6.28. The first-order valence-electron chi connectivity index (χ1n) is 8.79. The Morgan fingerprint density at radius 2 is 2.15 bits per heavy atom. The number of halogens is 1. The molecule has 1 N–H and O–H groups in total. The number of carbonyl (C=O) groups is 1. The average molecular weight is 395 g/mol. The normalized spacial score (nSPS) is 14.4. The number of nitrogens with zero attached hydrogens (tertiary/aromatic N) is 5. The van der Waals surface area contributed by atoms with E-state index in [4.69, 9.17) is 0 Å². The van der Waals surface area contributed by atoms with Gasteiger partial charge in [-0.05, 0) is 38.4 Å². The van der Waals surface area contributed by atoms with Crippen LogP contribution in [0, 0.1) is 10.1 Å². The summed E-state index contributed by atoms with van der Waals surface area (Å²) in [6.07, 6.45) is 4.25. The third-order valence-electron chi connectivity index (χ3n) is 4.49. The van der Waals surface area contributed by atoms with E-state index in [-0.39, 0.29) is 35.7 Å². The van der Waals surface area contributed by atoms with Crippen LogP contribution in [0.5, 0.6) is 0 Å². The van der Waals surface area contributed by atoms with E-state index >= 15 is 0 Å². The van der Waals surface area contributed by atoms with Crippen molar-refractivity contribution in [2.45, 2.75) is 32.2 Å². The predicted molar refractivity (Wildman–Crippen MR) is 102 cm³/mol. The largest absolute Gasteiger partial charge is 0.334 e. The lowest BCUT2D eigenvalue weighted by atomic mass is 10.0. The van der Waals surface area contributed by atoms with E-state index in [1.54, 1.807) is 12.1 Å². The number of nitro benzene ring substituents is 1. The third kappa shape index (κ3) is 4.81. The quantitative estimate of drug-likeness (QED) is 0.594. The molecule has 1 fully saturated rings. The van der Waals surface area contributed by atoms with Gasteiger partial charge >= 0.3 is 0 Å². The number of aromatic nitrogens is 3. The predicted octanol–water partition coefficient (Wildman–Crippen LogP) is 2.20. The standard InChI is InChI=1S/C17H22N6O3.ClH/c1-2-10-21(13-6-8-18-9-7-13)17(24)16-12-22(20-19-16)14-4-3-5-15(11-14)23(25)26;/h3-5,11-13,18H,2,6-10H2,1H3;1H. The number of non-ortho nitro benzene ring substituents is 1. The fourth-order valence-corrected chi connectivity index (χ4v) is 3.19. The number of rotatable bonds is 6. The van der Waals surface area contributed by atoms with Crippen molar-refractivity contribution >= 4 is 24.0 Å². The molecule has 0 spiro atoms. The van der Waals surface area contributed by atoms with Gasteiger partial charge in [-0.15, -0.1) is 17.5 Å². The maximum atomic E-state index is 12.9. The van der Waals surface area contributed by atoms with Crippen molar-refractivity contribution < 1.29 is 9.72 Å². The molecule has 27 heavy (non-hydrogen) atoms. The lowest BCUT2D eigenvalue weighted by Crippen LogP contribution is -2.46. The van der Waals surface area contributed by atoms with Gasteiger partial charge in [0.25, 0.3) is 11.6 Å². The monoisotopic (exact) mass is 394 g/mol. The molecule has 1 aromatic heterocycles. The minimum Gasteiger partial charge on any atom is -0.334 e. The van der Waals surface area contributed by atoms with Crippen molar-refractivity contribution in [1.82, 2.24) is 25.2 Å². The van der Waals surface area contributed by atoms with E-state index in [1.165, 1.54) is 23.0 Å². The Kier molecular flexibility index (Phi) is 7.26. The number of carbonyl (C=O) groups excluding carboxylic acids is 1. The average Bonchev–Trinajstić information content (AvgIpc) is 3.16. The first-order valence-corrected chi connectivity index (χ1v) is 8.79. The topological polar surface area (TPSA) is 106 Å². The van der Waals surface area contributed by atoms with Gasteiger partial charge in [-0.3, -0.25) is 14.9 Å². The second-order valence-corrected chi connectivity index (χ2v) is 6.31. The maximum absolute atomic E-state index is 12.9. The van der Waals surface area contributed by atoms with E-state index in [0.717, 1.165) is 32.4 Å². The van der Waals surface area contributed by atoms with Crippen LogP contribution >= 0.6 is 12.4 Å². The summed E-state index contributed by atoms with van der Waals surface area (Å²) in [6.45, 7) is 4.52. The van der Waals surface area contributed by atoms with Crippen LogP contribution in [-0.4, -0.2) is 56.4 Å². The van der Waals surface area contributed by atoms with Crippen LogP contribution in [0.15, 0.2) is 30.5 Å². The highest BCUT2D eigenvalue weighted by atomic mass is 35.5. The summed E-state index contributed by atoms with van der Waals surface area (Å²) in [4.78, 5) is 25.3. The summed E-state index contributed by atoms with van der Waals surface area (Å²) < 4.78 is 1.40. The third-order valence-corrected chi connectivity index (χ3v) is 4.49. The molecule has 0 atom stereocenters. The number of piperidine rings is 1. The van der Waals surface area contributed by atoms with E-state index in [2.05, 4.69) is 15.6 Å².